The molecular formula is C17H17N5O2. The molecule has 2 aromatic heterocycles. The second-order valence-corrected chi connectivity index (χ2v) is 5.57. The molecule has 1 aromatic carbocycles. The topological polar surface area (TPSA) is 92.9 Å². The van der Waals surface area contributed by atoms with Crippen LogP contribution in [0.1, 0.15) is 27.4 Å². The Morgan fingerprint density at radius 1 is 0.958 bits per heavy atom. The first-order valence-electron chi connectivity index (χ1n) is 7.41. The number of nitrogens with one attached hydrogen (secondary N) is 2. The van der Waals surface area contributed by atoms with Gasteiger partial charge in [-0.25, -0.2) is 9.97 Å². The lowest BCUT2D eigenvalue weighted by molar-refractivity contribution is 0.102. The van der Waals surface area contributed by atoms with Crippen molar-refractivity contribution in [2.45, 2.75) is 20.8 Å². The van der Waals surface area contributed by atoms with Crippen molar-refractivity contribution in [1.29, 1.82) is 0 Å². The van der Waals surface area contributed by atoms with Crippen LogP contribution in [-0.2, 0) is 0 Å². The van der Waals surface area contributed by atoms with E-state index in [1.54, 1.807) is 19.1 Å². The van der Waals surface area contributed by atoms with Gasteiger partial charge in [-0.2, -0.15) is 0 Å². The molecule has 3 rings (SSSR count). The largest absolute Gasteiger partial charge is 0.360 e. The summed E-state index contributed by atoms with van der Waals surface area (Å²) in [5.41, 5.74) is 3.43. The number of amides is 1. The molecule has 0 atom stereocenters. The Morgan fingerprint density at radius 3 is 2.38 bits per heavy atom. The second-order valence-electron chi connectivity index (χ2n) is 5.57. The average molecular weight is 323 g/mol. The van der Waals surface area contributed by atoms with Crippen molar-refractivity contribution in [1.82, 2.24) is 15.1 Å². The predicted octanol–water partition coefficient (Wildman–Crippen LogP) is 3.39. The highest BCUT2D eigenvalue weighted by Crippen LogP contribution is 2.18. The molecule has 0 unspecified atom stereocenters. The molecule has 0 aliphatic heterocycles. The molecule has 0 saturated carbocycles. The number of anilines is 3. The number of hydrogen-bond donors (Lipinski definition) is 2. The van der Waals surface area contributed by atoms with E-state index in [1.807, 2.05) is 26.0 Å². The van der Waals surface area contributed by atoms with Crippen LogP contribution in [0.2, 0.25) is 0 Å². The highest BCUT2D eigenvalue weighted by molar-refractivity contribution is 6.02. The molecule has 2 heterocycles. The summed E-state index contributed by atoms with van der Waals surface area (Å²) in [6, 6.07) is 9.32. The summed E-state index contributed by atoms with van der Waals surface area (Å²) in [6.07, 6.45) is 1.34. The van der Waals surface area contributed by atoms with E-state index in [0.717, 1.165) is 16.8 Å². The van der Waals surface area contributed by atoms with Gasteiger partial charge in [0.05, 0.1) is 0 Å². The van der Waals surface area contributed by atoms with Crippen LogP contribution < -0.4 is 10.6 Å². The summed E-state index contributed by atoms with van der Waals surface area (Å²) >= 11 is 0. The molecule has 7 heteroatoms. The van der Waals surface area contributed by atoms with Crippen LogP contribution in [0.5, 0.6) is 0 Å². The molecule has 122 valence electrons. The van der Waals surface area contributed by atoms with Crippen molar-refractivity contribution in [2.24, 2.45) is 0 Å². The van der Waals surface area contributed by atoms with Crippen LogP contribution in [0.3, 0.4) is 0 Å². The first kappa shape index (κ1) is 15.7. The van der Waals surface area contributed by atoms with Gasteiger partial charge in [-0.05, 0) is 44.0 Å². The van der Waals surface area contributed by atoms with Gasteiger partial charge in [-0.1, -0.05) is 11.2 Å². The summed E-state index contributed by atoms with van der Waals surface area (Å²) in [5, 5.41) is 9.53. The zero-order valence-corrected chi connectivity index (χ0v) is 13.6. The van der Waals surface area contributed by atoms with Gasteiger partial charge in [0.2, 0.25) is 0 Å². The van der Waals surface area contributed by atoms with Crippen LogP contribution in [-0.4, -0.2) is 21.0 Å². The highest BCUT2D eigenvalue weighted by Gasteiger charge is 2.11. The van der Waals surface area contributed by atoms with Gasteiger partial charge in [-0.3, -0.25) is 4.79 Å². The van der Waals surface area contributed by atoms with Gasteiger partial charge in [0, 0.05) is 17.8 Å². The number of aryl methyl sites for hydroxylation is 3. The molecule has 0 fully saturated rings. The minimum absolute atomic E-state index is 0.234. The first-order chi connectivity index (χ1) is 11.5. The number of carbonyl (C=O) groups excluding carboxylic acids is 1. The quantitative estimate of drug-likeness (QED) is 0.764. The van der Waals surface area contributed by atoms with E-state index < -0.39 is 0 Å². The molecule has 1 amide bonds. The lowest BCUT2D eigenvalue weighted by Crippen LogP contribution is -2.14. The van der Waals surface area contributed by atoms with Crippen molar-refractivity contribution in [3.8, 4) is 0 Å². The summed E-state index contributed by atoms with van der Waals surface area (Å²) in [5.74, 6) is 1.12. The minimum atomic E-state index is -0.380. The van der Waals surface area contributed by atoms with Gasteiger partial charge >= 0.3 is 0 Å². The third kappa shape index (κ3) is 3.75. The third-order valence-corrected chi connectivity index (χ3v) is 3.26. The van der Waals surface area contributed by atoms with Gasteiger partial charge in [-0.15, -0.1) is 0 Å². The molecule has 0 spiro atoms. The predicted molar refractivity (Wildman–Crippen MR) is 90.4 cm³/mol. The Bertz CT molecular complexity index is 868. The fourth-order valence-corrected chi connectivity index (χ4v) is 2.35. The zero-order chi connectivity index (χ0) is 17.1. The van der Waals surface area contributed by atoms with Crippen molar-refractivity contribution in [2.75, 3.05) is 10.6 Å². The van der Waals surface area contributed by atoms with Crippen molar-refractivity contribution < 1.29 is 9.32 Å². The summed E-state index contributed by atoms with van der Waals surface area (Å²) in [7, 11) is 0. The highest BCUT2D eigenvalue weighted by atomic mass is 16.5. The lowest BCUT2D eigenvalue weighted by atomic mass is 10.1. The molecule has 0 bridgehead atoms. The van der Waals surface area contributed by atoms with Crippen LogP contribution in [0.4, 0.5) is 17.3 Å². The number of nitrogens with zero attached hydrogens (tertiary/aromatic N) is 3. The maximum atomic E-state index is 12.2. The van der Waals surface area contributed by atoms with Crippen LogP contribution in [0, 0.1) is 20.8 Å². The fraction of sp³-hybridized carbons (Fsp3) is 0.176. The molecule has 7 nitrogen and oxygen atoms in total. The van der Waals surface area contributed by atoms with Crippen molar-refractivity contribution in [3.63, 3.8) is 0 Å². The number of rotatable bonds is 4. The van der Waals surface area contributed by atoms with Crippen molar-refractivity contribution in [3.05, 3.63) is 59.2 Å². The number of benzene rings is 1. The monoisotopic (exact) mass is 323 g/mol. The van der Waals surface area contributed by atoms with E-state index >= 15 is 0 Å². The Labute approximate surface area is 139 Å². The minimum Gasteiger partial charge on any atom is -0.360 e. The fourth-order valence-electron chi connectivity index (χ4n) is 2.35. The van der Waals surface area contributed by atoms with Crippen LogP contribution in [0.15, 0.2) is 41.2 Å². The van der Waals surface area contributed by atoms with E-state index in [0.29, 0.717) is 17.4 Å². The third-order valence-electron chi connectivity index (χ3n) is 3.26. The van der Waals surface area contributed by atoms with Crippen LogP contribution in [0.25, 0.3) is 0 Å². The van der Waals surface area contributed by atoms with E-state index in [2.05, 4.69) is 31.8 Å². The lowest BCUT2D eigenvalue weighted by Gasteiger charge is -2.08. The number of aromatic nitrogens is 3. The number of carbonyl (C=O) groups is 1. The molecular weight excluding hydrogens is 306 g/mol. The average Bonchev–Trinajstić information content (AvgIpc) is 2.91. The molecule has 0 saturated heterocycles. The molecule has 0 aliphatic rings. The molecule has 2 N–H and O–H groups in total. The van der Waals surface area contributed by atoms with Gasteiger partial charge < -0.3 is 15.2 Å². The summed E-state index contributed by atoms with van der Waals surface area (Å²) in [4.78, 5) is 20.4. The van der Waals surface area contributed by atoms with E-state index in [-0.39, 0.29) is 11.6 Å². The van der Waals surface area contributed by atoms with E-state index in [4.69, 9.17) is 4.52 Å². The molecule has 3 aromatic rings. The smallest absolute Gasteiger partial charge is 0.275 e. The standard InChI is InChI=1S/C17H17N5O2/c1-10-4-11(2)6-13(5-10)20-15-8-14(18-9-19-15)17(23)21-16-7-12(3)24-22-16/h4-9H,1-3H3,(H,18,19,20)(H,21,22,23). The summed E-state index contributed by atoms with van der Waals surface area (Å²) in [6.45, 7) is 5.80. The Balaban J connectivity index is 1.77. The normalized spacial score (nSPS) is 10.5. The molecule has 0 aliphatic carbocycles. The summed E-state index contributed by atoms with van der Waals surface area (Å²) < 4.78 is 4.92. The number of hydrogen-bond acceptors (Lipinski definition) is 6. The maximum Gasteiger partial charge on any atom is 0.275 e. The molecule has 24 heavy (non-hydrogen) atoms. The zero-order valence-electron chi connectivity index (χ0n) is 13.6. The Hall–Kier alpha value is -3.22. The van der Waals surface area contributed by atoms with Gasteiger partial charge in [0.1, 0.15) is 23.6 Å². The van der Waals surface area contributed by atoms with Crippen LogP contribution >= 0.6 is 0 Å². The van der Waals surface area contributed by atoms with E-state index in [1.165, 1.54) is 6.33 Å². The van der Waals surface area contributed by atoms with Gasteiger partial charge in [0.25, 0.3) is 5.91 Å². The Morgan fingerprint density at radius 2 is 1.71 bits per heavy atom. The van der Waals surface area contributed by atoms with E-state index in [9.17, 15) is 4.79 Å². The molecule has 0 radical (unpaired) electrons. The van der Waals surface area contributed by atoms with Crippen molar-refractivity contribution >= 4 is 23.2 Å². The van der Waals surface area contributed by atoms with Gasteiger partial charge in [0.15, 0.2) is 5.82 Å². The first-order valence-corrected chi connectivity index (χ1v) is 7.41. The Kier molecular flexibility index (Phi) is 4.24. The SMILES string of the molecule is Cc1cc(C)cc(Nc2cc(C(=O)Nc3cc(C)on3)ncn2)c1. The second kappa shape index (κ2) is 6.49. The maximum absolute atomic E-state index is 12.2.